The quantitative estimate of drug-likeness (QED) is 0.138. The van der Waals surface area contributed by atoms with E-state index >= 15 is 0 Å². The summed E-state index contributed by atoms with van der Waals surface area (Å²) in [6, 6.07) is 5.27. The molecule has 2 aromatic rings. The van der Waals surface area contributed by atoms with Crippen molar-refractivity contribution in [2.24, 2.45) is 0 Å². The van der Waals surface area contributed by atoms with Crippen molar-refractivity contribution in [2.45, 2.75) is 124 Å². The molecule has 0 aliphatic carbocycles. The molecule has 0 spiro atoms. The van der Waals surface area contributed by atoms with E-state index < -0.39 is 18.4 Å². The van der Waals surface area contributed by atoms with Crippen molar-refractivity contribution in [1.29, 1.82) is 0 Å². The van der Waals surface area contributed by atoms with Crippen LogP contribution in [-0.2, 0) is 6.42 Å². The van der Waals surface area contributed by atoms with Gasteiger partial charge in [0.2, 0.25) is 0 Å². The van der Waals surface area contributed by atoms with Crippen LogP contribution < -0.4 is 2.89 Å². The zero-order chi connectivity index (χ0) is 21.0. The molecule has 0 amide bonds. The van der Waals surface area contributed by atoms with E-state index in [2.05, 4.69) is 62.5 Å². The van der Waals surface area contributed by atoms with Crippen molar-refractivity contribution in [2.75, 3.05) is 0 Å². The number of hydrogen-bond donors (Lipinski definition) is 0. The summed E-state index contributed by atoms with van der Waals surface area (Å²) < 4.78 is 9.96. The molecule has 0 aliphatic rings. The molecule has 2 heterocycles. The van der Waals surface area contributed by atoms with Crippen molar-refractivity contribution in [3.8, 4) is 0 Å². The number of unbranched alkanes of at least 4 members (excludes halogenated alkanes) is 8. The molecule has 2 rings (SSSR count). The maximum atomic E-state index is 2.70. The van der Waals surface area contributed by atoms with Crippen LogP contribution >= 0.6 is 22.7 Å². The second-order valence-electron chi connectivity index (χ2n) is 9.16. The summed E-state index contributed by atoms with van der Waals surface area (Å²) in [5, 5.41) is 0. The van der Waals surface area contributed by atoms with Crippen LogP contribution in [0, 0.1) is 0 Å². The first kappa shape index (κ1) is 25.7. The molecule has 2 aromatic heterocycles. The second-order valence-corrected chi connectivity index (χ2v) is 25.6. The average molecular weight is 541 g/mol. The van der Waals surface area contributed by atoms with Gasteiger partial charge in [-0.05, 0) is 0 Å². The summed E-state index contributed by atoms with van der Waals surface area (Å²) in [7, 11) is 0. The molecule has 29 heavy (non-hydrogen) atoms. The van der Waals surface area contributed by atoms with Crippen molar-refractivity contribution in [1.82, 2.24) is 0 Å². The molecule has 0 saturated carbocycles. The molecular weight excluding hydrogens is 495 g/mol. The Bertz CT molecular complexity index is 616. The third-order valence-electron chi connectivity index (χ3n) is 6.58. The number of fused-ring (bicyclic) bond motifs is 1. The molecule has 0 aliphatic heterocycles. The van der Waals surface area contributed by atoms with Crippen LogP contribution in [0.25, 0.3) is 9.40 Å². The van der Waals surface area contributed by atoms with E-state index in [0.717, 1.165) is 0 Å². The van der Waals surface area contributed by atoms with Gasteiger partial charge in [-0.2, -0.15) is 0 Å². The van der Waals surface area contributed by atoms with Gasteiger partial charge in [0.05, 0.1) is 0 Å². The van der Waals surface area contributed by atoms with E-state index in [4.69, 9.17) is 0 Å². The molecule has 0 saturated heterocycles. The van der Waals surface area contributed by atoms with Crippen molar-refractivity contribution >= 4 is 53.3 Å². The monoisotopic (exact) mass is 542 g/mol. The summed E-state index contributed by atoms with van der Waals surface area (Å²) in [5.41, 5.74) is 0. The predicted molar refractivity (Wildman–Crippen MR) is 141 cm³/mol. The summed E-state index contributed by atoms with van der Waals surface area (Å²) in [4.78, 5) is 1.64. The molecule has 0 atom stereocenters. The van der Waals surface area contributed by atoms with Gasteiger partial charge in [-0.25, -0.2) is 0 Å². The summed E-state index contributed by atoms with van der Waals surface area (Å²) in [6.45, 7) is 9.46. The Balaban J connectivity index is 2.08. The maximum absolute atomic E-state index is 2.70. The average Bonchev–Trinajstić information content (AvgIpc) is 3.29. The van der Waals surface area contributed by atoms with Gasteiger partial charge in [-0.3, -0.25) is 0 Å². The Kier molecular flexibility index (Phi) is 12.9. The second kappa shape index (κ2) is 14.5. The van der Waals surface area contributed by atoms with Crippen LogP contribution in [0.1, 0.15) is 110 Å². The van der Waals surface area contributed by atoms with Gasteiger partial charge in [-0.15, -0.1) is 0 Å². The third kappa shape index (κ3) is 8.14. The fraction of sp³-hybridized carbons (Fsp3) is 0.769. The minimum absolute atomic E-state index is 1.31. The van der Waals surface area contributed by atoms with Crippen LogP contribution in [0.2, 0.25) is 13.3 Å². The number of hydrogen-bond acceptors (Lipinski definition) is 2. The molecule has 0 radical (unpaired) electrons. The van der Waals surface area contributed by atoms with Crippen molar-refractivity contribution < 1.29 is 0 Å². The van der Waals surface area contributed by atoms with E-state index in [1.807, 2.05) is 2.89 Å². The molecule has 0 fully saturated rings. The van der Waals surface area contributed by atoms with E-state index in [1.165, 1.54) is 83.5 Å². The molecule has 0 N–H and O–H groups in total. The normalized spacial score (nSPS) is 12.3. The van der Waals surface area contributed by atoms with Crippen molar-refractivity contribution in [3.05, 3.63) is 17.0 Å². The Hall–Kier alpha value is 0.459. The first-order valence-corrected chi connectivity index (χ1v) is 21.8. The van der Waals surface area contributed by atoms with Crippen LogP contribution in [0.4, 0.5) is 0 Å². The zero-order valence-corrected chi connectivity index (χ0v) is 24.3. The molecule has 0 bridgehead atoms. The fourth-order valence-electron chi connectivity index (χ4n) is 4.64. The number of rotatable bonds is 17. The van der Waals surface area contributed by atoms with Gasteiger partial charge in [0, 0.05) is 0 Å². The Morgan fingerprint density at radius 2 is 1.10 bits per heavy atom. The standard InChI is InChI=1S/C14H19S2.3C4H9.Sn/c1-2-3-4-5-6-7-8-12-11-14-13(16-12)9-10-15-14;3*1-3-4-2;/h9,11H,2-8H2,1H3;3*1,3-4H2,2H3;. The van der Waals surface area contributed by atoms with Gasteiger partial charge >= 0.3 is 188 Å². The molecule has 166 valence electrons. The van der Waals surface area contributed by atoms with E-state index in [9.17, 15) is 0 Å². The number of aryl methyl sites for hydroxylation is 1. The molecule has 3 heteroatoms. The Morgan fingerprint density at radius 3 is 1.66 bits per heavy atom. The van der Waals surface area contributed by atoms with Crippen LogP contribution in [0.15, 0.2) is 12.1 Å². The van der Waals surface area contributed by atoms with E-state index in [-0.39, 0.29) is 0 Å². The topological polar surface area (TPSA) is 0 Å². The minimum atomic E-state index is -2.22. The van der Waals surface area contributed by atoms with Crippen molar-refractivity contribution in [3.63, 3.8) is 0 Å². The Morgan fingerprint density at radius 1 is 0.586 bits per heavy atom. The van der Waals surface area contributed by atoms with Gasteiger partial charge < -0.3 is 0 Å². The summed E-state index contributed by atoms with van der Waals surface area (Å²) >= 11 is 2.13. The Labute approximate surface area is 193 Å². The van der Waals surface area contributed by atoms with E-state index in [1.54, 1.807) is 27.6 Å². The number of thiophene rings is 2. The van der Waals surface area contributed by atoms with Gasteiger partial charge in [0.15, 0.2) is 0 Å². The fourth-order valence-corrected chi connectivity index (χ4v) is 26.6. The van der Waals surface area contributed by atoms with E-state index in [0.29, 0.717) is 0 Å². The van der Waals surface area contributed by atoms with Crippen LogP contribution in [0.3, 0.4) is 0 Å². The molecule has 0 unspecified atom stereocenters. The third-order valence-corrected chi connectivity index (χ3v) is 27.1. The zero-order valence-electron chi connectivity index (χ0n) is 19.8. The first-order valence-electron chi connectivity index (χ1n) is 12.7. The molecular formula is C26H46S2Sn. The van der Waals surface area contributed by atoms with Gasteiger partial charge in [-0.1, -0.05) is 6.92 Å². The molecule has 0 aromatic carbocycles. The first-order chi connectivity index (χ1) is 14.2. The SMILES string of the molecule is CCCCCCCCc1cc2s[c]([Sn]([CH2]CCC)([CH2]CCC)[CH2]CCC)cc2s1. The predicted octanol–water partition coefficient (Wildman–Crippen LogP) is 9.92. The summed E-state index contributed by atoms with van der Waals surface area (Å²) in [5.74, 6) is 0. The van der Waals surface area contributed by atoms with Gasteiger partial charge in [0.1, 0.15) is 0 Å². The van der Waals surface area contributed by atoms with Crippen LogP contribution in [0.5, 0.6) is 0 Å². The molecule has 0 nitrogen and oxygen atoms in total. The van der Waals surface area contributed by atoms with Gasteiger partial charge in [0.25, 0.3) is 0 Å². The van der Waals surface area contributed by atoms with Crippen LogP contribution in [-0.4, -0.2) is 18.4 Å². The summed E-state index contributed by atoms with van der Waals surface area (Å²) in [6.07, 6.45) is 18.3.